The molecule has 0 atom stereocenters. The molecule has 0 unspecified atom stereocenters. The van der Waals surface area contributed by atoms with E-state index in [1.54, 1.807) is 24.5 Å². The van der Waals surface area contributed by atoms with Crippen molar-refractivity contribution in [2.24, 2.45) is 0 Å². The van der Waals surface area contributed by atoms with Gasteiger partial charge in [0.25, 0.3) is 5.69 Å². The first-order valence-corrected chi connectivity index (χ1v) is 5.18. The standard InChI is InChI=1S/C11H12N4O2/c16-15(17)10-3-1-2-9(6-10)7-12-8-11-13-4-5-14-11/h1-6,12H,7-8H2,(H,13,14). The molecule has 2 N–H and O–H groups in total. The molecule has 0 aliphatic rings. The van der Waals surface area contributed by atoms with E-state index in [2.05, 4.69) is 15.3 Å². The van der Waals surface area contributed by atoms with E-state index >= 15 is 0 Å². The summed E-state index contributed by atoms with van der Waals surface area (Å²) >= 11 is 0. The maximum Gasteiger partial charge on any atom is 0.269 e. The number of hydrogen-bond acceptors (Lipinski definition) is 4. The van der Waals surface area contributed by atoms with Gasteiger partial charge in [0.15, 0.2) is 0 Å². The number of benzene rings is 1. The molecule has 6 heteroatoms. The van der Waals surface area contributed by atoms with E-state index in [9.17, 15) is 10.1 Å². The second kappa shape index (κ2) is 5.22. The Morgan fingerprint density at radius 3 is 3.00 bits per heavy atom. The molecule has 0 amide bonds. The molecule has 0 aliphatic heterocycles. The highest BCUT2D eigenvalue weighted by Crippen LogP contribution is 2.12. The van der Waals surface area contributed by atoms with Gasteiger partial charge in [0.1, 0.15) is 5.82 Å². The van der Waals surface area contributed by atoms with Crippen molar-refractivity contribution in [3.63, 3.8) is 0 Å². The Kier molecular flexibility index (Phi) is 3.46. The molecular formula is C11H12N4O2. The molecular weight excluding hydrogens is 220 g/mol. The fourth-order valence-electron chi connectivity index (χ4n) is 1.50. The van der Waals surface area contributed by atoms with Crippen LogP contribution in [0.25, 0.3) is 0 Å². The Morgan fingerprint density at radius 2 is 2.29 bits per heavy atom. The Labute approximate surface area is 97.9 Å². The summed E-state index contributed by atoms with van der Waals surface area (Å²) in [6.07, 6.45) is 3.44. The Morgan fingerprint density at radius 1 is 1.41 bits per heavy atom. The van der Waals surface area contributed by atoms with E-state index in [4.69, 9.17) is 0 Å². The first-order valence-electron chi connectivity index (χ1n) is 5.18. The first kappa shape index (κ1) is 11.3. The third-order valence-corrected chi connectivity index (χ3v) is 2.30. The topological polar surface area (TPSA) is 83.8 Å². The molecule has 88 valence electrons. The molecule has 2 rings (SSSR count). The zero-order chi connectivity index (χ0) is 12.1. The maximum atomic E-state index is 10.6. The van der Waals surface area contributed by atoms with Crippen LogP contribution in [0, 0.1) is 10.1 Å². The Balaban J connectivity index is 1.90. The summed E-state index contributed by atoms with van der Waals surface area (Å²) in [7, 11) is 0. The average molecular weight is 232 g/mol. The van der Waals surface area contributed by atoms with Gasteiger partial charge in [0, 0.05) is 31.1 Å². The molecule has 1 heterocycles. The molecule has 0 fully saturated rings. The zero-order valence-corrected chi connectivity index (χ0v) is 9.09. The summed E-state index contributed by atoms with van der Waals surface area (Å²) in [4.78, 5) is 17.2. The first-order chi connectivity index (χ1) is 8.25. The average Bonchev–Trinajstić information content (AvgIpc) is 2.82. The van der Waals surface area contributed by atoms with E-state index < -0.39 is 4.92 Å². The molecule has 2 aromatic rings. The van der Waals surface area contributed by atoms with Gasteiger partial charge in [-0.25, -0.2) is 4.98 Å². The molecule has 6 nitrogen and oxygen atoms in total. The largest absolute Gasteiger partial charge is 0.348 e. The van der Waals surface area contributed by atoms with Crippen molar-refractivity contribution < 1.29 is 4.92 Å². The lowest BCUT2D eigenvalue weighted by molar-refractivity contribution is -0.384. The summed E-state index contributed by atoms with van der Waals surface area (Å²) in [6, 6.07) is 6.58. The minimum absolute atomic E-state index is 0.113. The normalized spacial score (nSPS) is 10.4. The van der Waals surface area contributed by atoms with Gasteiger partial charge in [-0.15, -0.1) is 0 Å². The SMILES string of the molecule is O=[N+]([O-])c1cccc(CNCc2ncc[nH]2)c1. The highest BCUT2D eigenvalue weighted by Gasteiger charge is 2.05. The number of nitro benzene ring substituents is 1. The van der Waals surface area contributed by atoms with Crippen LogP contribution in [0.2, 0.25) is 0 Å². The maximum absolute atomic E-state index is 10.6. The van der Waals surface area contributed by atoms with Crippen molar-refractivity contribution in [1.82, 2.24) is 15.3 Å². The van der Waals surface area contributed by atoms with Crippen LogP contribution in [-0.4, -0.2) is 14.9 Å². The van der Waals surface area contributed by atoms with Gasteiger partial charge in [-0.2, -0.15) is 0 Å². The summed E-state index contributed by atoms with van der Waals surface area (Å²) < 4.78 is 0. The van der Waals surface area contributed by atoms with Gasteiger partial charge in [-0.1, -0.05) is 12.1 Å². The summed E-state index contributed by atoms with van der Waals surface area (Å²) in [5.41, 5.74) is 0.994. The summed E-state index contributed by atoms with van der Waals surface area (Å²) in [5.74, 6) is 0.843. The summed E-state index contributed by atoms with van der Waals surface area (Å²) in [6.45, 7) is 1.18. The van der Waals surface area contributed by atoms with E-state index in [0.29, 0.717) is 13.1 Å². The number of nitrogens with zero attached hydrogens (tertiary/aromatic N) is 2. The lowest BCUT2D eigenvalue weighted by Crippen LogP contribution is -2.13. The van der Waals surface area contributed by atoms with Gasteiger partial charge in [-0.05, 0) is 5.56 Å². The van der Waals surface area contributed by atoms with Crippen LogP contribution < -0.4 is 5.32 Å². The highest BCUT2D eigenvalue weighted by atomic mass is 16.6. The number of nitrogens with one attached hydrogen (secondary N) is 2. The number of nitro groups is 1. The molecule has 0 aliphatic carbocycles. The van der Waals surface area contributed by atoms with Crippen molar-refractivity contribution in [3.8, 4) is 0 Å². The Bertz CT molecular complexity index is 496. The lowest BCUT2D eigenvalue weighted by atomic mass is 10.2. The molecule has 17 heavy (non-hydrogen) atoms. The zero-order valence-electron chi connectivity index (χ0n) is 9.09. The quantitative estimate of drug-likeness (QED) is 0.606. The van der Waals surface area contributed by atoms with Crippen LogP contribution >= 0.6 is 0 Å². The minimum Gasteiger partial charge on any atom is -0.348 e. The smallest absolute Gasteiger partial charge is 0.269 e. The second-order valence-corrected chi connectivity index (χ2v) is 3.57. The van der Waals surface area contributed by atoms with Gasteiger partial charge in [0.2, 0.25) is 0 Å². The molecule has 0 radical (unpaired) electrons. The van der Waals surface area contributed by atoms with Gasteiger partial charge < -0.3 is 10.3 Å². The van der Waals surface area contributed by atoms with Crippen LogP contribution in [0.5, 0.6) is 0 Å². The van der Waals surface area contributed by atoms with Crippen LogP contribution in [-0.2, 0) is 13.1 Å². The number of hydrogen-bond donors (Lipinski definition) is 2. The van der Waals surface area contributed by atoms with Crippen LogP contribution in [0.4, 0.5) is 5.69 Å². The third-order valence-electron chi connectivity index (χ3n) is 2.30. The number of aromatic amines is 1. The van der Waals surface area contributed by atoms with E-state index in [-0.39, 0.29) is 5.69 Å². The third kappa shape index (κ3) is 3.12. The highest BCUT2D eigenvalue weighted by molar-refractivity contribution is 5.34. The van der Waals surface area contributed by atoms with Gasteiger partial charge in [-0.3, -0.25) is 10.1 Å². The molecule has 1 aromatic heterocycles. The molecule has 0 saturated heterocycles. The number of aromatic nitrogens is 2. The van der Waals surface area contributed by atoms with Gasteiger partial charge >= 0.3 is 0 Å². The Hall–Kier alpha value is -2.21. The summed E-state index contributed by atoms with van der Waals surface area (Å²) in [5, 5.41) is 13.7. The van der Waals surface area contributed by atoms with Crippen molar-refractivity contribution in [2.45, 2.75) is 13.1 Å². The molecule has 0 saturated carbocycles. The number of H-pyrrole nitrogens is 1. The van der Waals surface area contributed by atoms with E-state index in [1.165, 1.54) is 6.07 Å². The van der Waals surface area contributed by atoms with Crippen LogP contribution in [0.15, 0.2) is 36.7 Å². The number of non-ortho nitro benzene ring substituents is 1. The molecule has 0 spiro atoms. The fourth-order valence-corrected chi connectivity index (χ4v) is 1.50. The fraction of sp³-hybridized carbons (Fsp3) is 0.182. The molecule has 0 bridgehead atoms. The van der Waals surface area contributed by atoms with Crippen molar-refractivity contribution in [1.29, 1.82) is 0 Å². The molecule has 1 aromatic carbocycles. The van der Waals surface area contributed by atoms with E-state index in [1.807, 2.05) is 6.07 Å². The second-order valence-electron chi connectivity index (χ2n) is 3.57. The number of imidazole rings is 1. The monoisotopic (exact) mass is 232 g/mol. The van der Waals surface area contributed by atoms with Crippen molar-refractivity contribution in [3.05, 3.63) is 58.2 Å². The van der Waals surface area contributed by atoms with Crippen LogP contribution in [0.1, 0.15) is 11.4 Å². The van der Waals surface area contributed by atoms with E-state index in [0.717, 1.165) is 11.4 Å². The predicted octanol–water partition coefficient (Wildman–Crippen LogP) is 1.61. The number of rotatable bonds is 5. The lowest BCUT2D eigenvalue weighted by Gasteiger charge is -2.02. The minimum atomic E-state index is -0.393. The van der Waals surface area contributed by atoms with Crippen molar-refractivity contribution in [2.75, 3.05) is 0 Å². The van der Waals surface area contributed by atoms with Crippen molar-refractivity contribution >= 4 is 5.69 Å². The van der Waals surface area contributed by atoms with Gasteiger partial charge in [0.05, 0.1) is 11.5 Å². The predicted molar refractivity (Wildman–Crippen MR) is 62.2 cm³/mol. The van der Waals surface area contributed by atoms with Crippen LogP contribution in [0.3, 0.4) is 0 Å².